The zero-order chi connectivity index (χ0) is 12.9. The number of furan rings is 1. The van der Waals surface area contributed by atoms with Gasteiger partial charge in [0.05, 0.1) is 6.26 Å². The van der Waals surface area contributed by atoms with Gasteiger partial charge in [-0.1, -0.05) is 30.6 Å². The molecule has 1 aromatic rings. The van der Waals surface area contributed by atoms with Gasteiger partial charge in [0.25, 0.3) is 0 Å². The lowest BCUT2D eigenvalue weighted by atomic mass is 10.1. The van der Waals surface area contributed by atoms with E-state index in [1.54, 1.807) is 18.4 Å². The molecule has 0 atom stereocenters. The van der Waals surface area contributed by atoms with E-state index in [0.717, 1.165) is 32.1 Å². The average Bonchev–Trinajstić information content (AvgIpc) is 2.89. The van der Waals surface area contributed by atoms with Crippen LogP contribution in [0.5, 0.6) is 0 Å². The van der Waals surface area contributed by atoms with Gasteiger partial charge < -0.3 is 9.52 Å². The Morgan fingerprint density at radius 1 is 1.11 bits per heavy atom. The number of aliphatic hydroxyl groups excluding tert-OH is 1. The molecule has 2 nitrogen and oxygen atoms in total. The number of aliphatic hydroxyl groups is 1. The number of allylic oxidation sites excluding steroid dienone is 2. The normalized spacial score (nSPS) is 9.61. The van der Waals surface area contributed by atoms with E-state index < -0.39 is 0 Å². The summed E-state index contributed by atoms with van der Waals surface area (Å²) >= 11 is 0. The van der Waals surface area contributed by atoms with Crippen molar-refractivity contribution >= 4 is 0 Å². The van der Waals surface area contributed by atoms with Gasteiger partial charge in [0, 0.05) is 13.0 Å². The summed E-state index contributed by atoms with van der Waals surface area (Å²) in [5.41, 5.74) is 0. The highest BCUT2D eigenvalue weighted by atomic mass is 16.3. The largest absolute Gasteiger partial charge is 0.456 e. The van der Waals surface area contributed by atoms with Crippen molar-refractivity contribution in [2.45, 2.75) is 32.1 Å². The third kappa shape index (κ3) is 7.39. The molecule has 18 heavy (non-hydrogen) atoms. The first-order valence-electron chi connectivity index (χ1n) is 6.23. The van der Waals surface area contributed by atoms with E-state index in [4.69, 9.17) is 9.52 Å². The molecule has 0 fully saturated rings. The summed E-state index contributed by atoms with van der Waals surface area (Å²) in [6.45, 7) is 0.294. The van der Waals surface area contributed by atoms with Crippen molar-refractivity contribution < 1.29 is 9.52 Å². The zero-order valence-corrected chi connectivity index (χ0v) is 10.5. The van der Waals surface area contributed by atoms with Gasteiger partial charge in [-0.15, -0.1) is 0 Å². The first kappa shape index (κ1) is 14.2. The summed E-state index contributed by atoms with van der Waals surface area (Å²) in [5.74, 6) is 12.4. The van der Waals surface area contributed by atoms with Crippen molar-refractivity contribution in [2.24, 2.45) is 0 Å². The summed E-state index contributed by atoms with van der Waals surface area (Å²) in [6.07, 6.45) is 10.2. The molecule has 1 heterocycles. The van der Waals surface area contributed by atoms with E-state index >= 15 is 0 Å². The fourth-order valence-corrected chi connectivity index (χ4v) is 1.36. The fraction of sp³-hybridized carbons (Fsp3) is 0.375. The van der Waals surface area contributed by atoms with E-state index in [1.165, 1.54) is 0 Å². The number of hydrogen-bond acceptors (Lipinski definition) is 2. The summed E-state index contributed by atoms with van der Waals surface area (Å²) < 4.78 is 5.06. The van der Waals surface area contributed by atoms with E-state index in [9.17, 15) is 0 Å². The minimum absolute atomic E-state index is 0.294. The molecule has 2 heteroatoms. The Kier molecular flexibility index (Phi) is 8.08. The predicted octanol–water partition coefficient (Wildman–Crippen LogP) is 3.13. The van der Waals surface area contributed by atoms with Crippen LogP contribution in [0.3, 0.4) is 0 Å². The van der Waals surface area contributed by atoms with Crippen LogP contribution in [0, 0.1) is 23.7 Å². The number of rotatable bonds is 5. The molecule has 0 aliphatic rings. The van der Waals surface area contributed by atoms with Crippen LogP contribution in [0.1, 0.15) is 37.9 Å². The Bertz CT molecular complexity index is 447. The third-order valence-corrected chi connectivity index (χ3v) is 2.28. The molecule has 0 spiro atoms. The van der Waals surface area contributed by atoms with Crippen LogP contribution in [0.4, 0.5) is 0 Å². The lowest BCUT2D eigenvalue weighted by Gasteiger charge is -1.93. The van der Waals surface area contributed by atoms with Gasteiger partial charge in [0.2, 0.25) is 0 Å². The van der Waals surface area contributed by atoms with Gasteiger partial charge in [0.1, 0.15) is 0 Å². The highest BCUT2D eigenvalue weighted by molar-refractivity contribution is 5.32. The molecule has 1 N–H and O–H groups in total. The quantitative estimate of drug-likeness (QED) is 0.635. The van der Waals surface area contributed by atoms with Crippen LogP contribution in [0.2, 0.25) is 0 Å². The van der Waals surface area contributed by atoms with E-state index in [1.807, 2.05) is 12.1 Å². The van der Waals surface area contributed by atoms with Gasteiger partial charge in [-0.3, -0.25) is 0 Å². The molecule has 0 aromatic carbocycles. The molecule has 0 saturated carbocycles. The minimum Gasteiger partial charge on any atom is -0.456 e. The number of hydrogen-bond donors (Lipinski definition) is 1. The second kappa shape index (κ2) is 10.3. The molecule has 0 bridgehead atoms. The van der Waals surface area contributed by atoms with Crippen LogP contribution in [-0.2, 0) is 0 Å². The summed E-state index contributed by atoms with van der Waals surface area (Å²) in [5, 5.41) is 8.60. The standard InChI is InChI=1S/C16H18O2/c17-14-10-8-6-4-2-1-3-5-7-9-12-16-13-11-15-18-16/h5,7,11,13,15,17H,2,4,6,8,10,14H2/b7-5-. The second-order valence-corrected chi connectivity index (χ2v) is 3.79. The minimum atomic E-state index is 0.294. The van der Waals surface area contributed by atoms with Crippen molar-refractivity contribution in [1.82, 2.24) is 0 Å². The molecule has 0 amide bonds. The van der Waals surface area contributed by atoms with Crippen LogP contribution < -0.4 is 0 Å². The predicted molar refractivity (Wildman–Crippen MR) is 72.7 cm³/mol. The summed E-state index contributed by atoms with van der Waals surface area (Å²) in [6, 6.07) is 3.63. The Hall–Kier alpha value is -1.90. The highest BCUT2D eigenvalue weighted by Gasteiger charge is 1.86. The lowest BCUT2D eigenvalue weighted by Crippen LogP contribution is -1.82. The third-order valence-electron chi connectivity index (χ3n) is 2.28. The first-order chi connectivity index (χ1) is 8.93. The van der Waals surface area contributed by atoms with Crippen molar-refractivity contribution in [1.29, 1.82) is 0 Å². The van der Waals surface area contributed by atoms with Gasteiger partial charge in [0.15, 0.2) is 5.76 Å². The number of unbranched alkanes of at least 4 members (excludes halogenated alkanes) is 4. The molecule has 0 radical (unpaired) electrons. The fourth-order valence-electron chi connectivity index (χ4n) is 1.36. The van der Waals surface area contributed by atoms with Crippen molar-refractivity contribution in [2.75, 3.05) is 6.61 Å². The summed E-state index contributed by atoms with van der Waals surface area (Å²) in [7, 11) is 0. The average molecular weight is 242 g/mol. The maximum absolute atomic E-state index is 8.60. The van der Waals surface area contributed by atoms with Crippen molar-refractivity contribution in [3.05, 3.63) is 36.3 Å². The van der Waals surface area contributed by atoms with Crippen LogP contribution in [-0.4, -0.2) is 11.7 Å². The topological polar surface area (TPSA) is 33.4 Å². The molecular formula is C16H18O2. The molecule has 0 aliphatic carbocycles. The zero-order valence-electron chi connectivity index (χ0n) is 10.5. The molecule has 0 unspecified atom stereocenters. The van der Waals surface area contributed by atoms with E-state index in [-0.39, 0.29) is 0 Å². The lowest BCUT2D eigenvalue weighted by molar-refractivity contribution is 0.282. The second-order valence-electron chi connectivity index (χ2n) is 3.79. The molecule has 1 rings (SSSR count). The Morgan fingerprint density at radius 2 is 1.94 bits per heavy atom. The summed E-state index contributed by atoms with van der Waals surface area (Å²) in [4.78, 5) is 0. The van der Waals surface area contributed by atoms with Gasteiger partial charge in [-0.05, 0) is 43.0 Å². The monoisotopic (exact) mass is 242 g/mol. The smallest absolute Gasteiger partial charge is 0.176 e. The maximum Gasteiger partial charge on any atom is 0.176 e. The van der Waals surface area contributed by atoms with E-state index in [0.29, 0.717) is 12.4 Å². The Balaban J connectivity index is 2.09. The highest BCUT2D eigenvalue weighted by Crippen LogP contribution is 2.01. The SMILES string of the molecule is OCCCCCCC#C/C=C\C#Cc1ccco1. The van der Waals surface area contributed by atoms with Gasteiger partial charge >= 0.3 is 0 Å². The Labute approximate surface area is 109 Å². The van der Waals surface area contributed by atoms with E-state index in [2.05, 4.69) is 23.7 Å². The maximum atomic E-state index is 8.60. The van der Waals surface area contributed by atoms with Crippen molar-refractivity contribution in [3.63, 3.8) is 0 Å². The first-order valence-corrected chi connectivity index (χ1v) is 6.23. The molecule has 1 aromatic heterocycles. The van der Waals surface area contributed by atoms with Crippen LogP contribution in [0.15, 0.2) is 35.0 Å². The molecule has 0 aliphatic heterocycles. The van der Waals surface area contributed by atoms with Crippen LogP contribution in [0.25, 0.3) is 0 Å². The molecular weight excluding hydrogens is 224 g/mol. The van der Waals surface area contributed by atoms with Gasteiger partial charge in [-0.2, -0.15) is 0 Å². The van der Waals surface area contributed by atoms with Crippen molar-refractivity contribution in [3.8, 4) is 23.7 Å². The van der Waals surface area contributed by atoms with Crippen LogP contribution >= 0.6 is 0 Å². The molecule has 0 saturated heterocycles. The van der Waals surface area contributed by atoms with Gasteiger partial charge in [-0.25, -0.2) is 0 Å². The Morgan fingerprint density at radius 3 is 2.72 bits per heavy atom. The molecule has 94 valence electrons.